The van der Waals surface area contributed by atoms with Crippen LogP contribution in [0.1, 0.15) is 33.4 Å². The van der Waals surface area contributed by atoms with Gasteiger partial charge in [-0.25, -0.2) is 0 Å². The van der Waals surface area contributed by atoms with E-state index in [1.165, 1.54) is 4.90 Å². The van der Waals surface area contributed by atoms with Crippen molar-refractivity contribution in [1.29, 1.82) is 0 Å². The van der Waals surface area contributed by atoms with E-state index in [9.17, 15) is 14.7 Å². The Morgan fingerprint density at radius 1 is 1.00 bits per heavy atom. The zero-order valence-corrected chi connectivity index (χ0v) is 14.5. The summed E-state index contributed by atoms with van der Waals surface area (Å²) in [7, 11) is 0. The highest BCUT2D eigenvalue weighted by atomic mass is 16.3. The first-order valence-corrected chi connectivity index (χ1v) is 8.50. The van der Waals surface area contributed by atoms with Crippen LogP contribution in [0.4, 0.5) is 5.69 Å². The SMILES string of the molecule is CCN1C(=O)c2ccc(-c3ccc(C=Nc4ccc(O)cc4)o3)cc2C1=O. The molecule has 1 N–H and O–H groups in total. The van der Waals surface area contributed by atoms with Gasteiger partial charge in [0.1, 0.15) is 17.3 Å². The lowest BCUT2D eigenvalue weighted by Gasteiger charge is -2.08. The summed E-state index contributed by atoms with van der Waals surface area (Å²) in [6, 6.07) is 15.2. The van der Waals surface area contributed by atoms with Gasteiger partial charge in [0.2, 0.25) is 0 Å². The van der Waals surface area contributed by atoms with Gasteiger partial charge in [0, 0.05) is 12.1 Å². The molecule has 2 amide bonds. The Bertz CT molecular complexity index is 1060. The lowest BCUT2D eigenvalue weighted by Crippen LogP contribution is -2.29. The molecule has 0 atom stereocenters. The number of fused-ring (bicyclic) bond motifs is 1. The van der Waals surface area contributed by atoms with Crippen molar-refractivity contribution in [2.24, 2.45) is 4.99 Å². The molecule has 1 aliphatic rings. The van der Waals surface area contributed by atoms with Crippen molar-refractivity contribution < 1.29 is 19.1 Å². The summed E-state index contributed by atoms with van der Waals surface area (Å²) in [6.45, 7) is 2.12. The monoisotopic (exact) mass is 360 g/mol. The number of aliphatic imine (C=N–C) groups is 1. The van der Waals surface area contributed by atoms with Crippen molar-refractivity contribution >= 4 is 23.7 Å². The highest BCUT2D eigenvalue weighted by Crippen LogP contribution is 2.29. The molecule has 0 fully saturated rings. The normalized spacial score (nSPS) is 13.6. The van der Waals surface area contributed by atoms with Crippen molar-refractivity contribution in [3.8, 4) is 17.1 Å². The number of hydrogen-bond donors (Lipinski definition) is 1. The summed E-state index contributed by atoms with van der Waals surface area (Å²) >= 11 is 0. The Morgan fingerprint density at radius 3 is 2.48 bits per heavy atom. The first-order chi connectivity index (χ1) is 13.1. The van der Waals surface area contributed by atoms with Gasteiger partial charge in [0.25, 0.3) is 11.8 Å². The molecule has 0 saturated heterocycles. The Labute approximate surface area is 155 Å². The summed E-state index contributed by atoms with van der Waals surface area (Å²) in [5.41, 5.74) is 2.23. The van der Waals surface area contributed by atoms with Crippen LogP contribution in [-0.4, -0.2) is 34.6 Å². The molecule has 4 rings (SSSR count). The largest absolute Gasteiger partial charge is 0.508 e. The number of furan rings is 1. The molecule has 0 radical (unpaired) electrons. The number of phenols is 1. The number of imide groups is 1. The van der Waals surface area contributed by atoms with Gasteiger partial charge >= 0.3 is 0 Å². The van der Waals surface area contributed by atoms with E-state index in [-0.39, 0.29) is 17.6 Å². The first kappa shape index (κ1) is 16.8. The minimum absolute atomic E-state index is 0.181. The number of nitrogens with zero attached hydrogens (tertiary/aromatic N) is 2. The van der Waals surface area contributed by atoms with E-state index in [1.807, 2.05) is 0 Å². The molecule has 2 heterocycles. The molecule has 0 bridgehead atoms. The van der Waals surface area contributed by atoms with Crippen LogP contribution >= 0.6 is 0 Å². The molecular weight excluding hydrogens is 344 g/mol. The van der Waals surface area contributed by atoms with E-state index in [0.717, 1.165) is 5.56 Å². The van der Waals surface area contributed by atoms with E-state index >= 15 is 0 Å². The van der Waals surface area contributed by atoms with E-state index in [4.69, 9.17) is 4.42 Å². The molecule has 1 aliphatic heterocycles. The predicted molar refractivity (Wildman–Crippen MR) is 101 cm³/mol. The fraction of sp³-hybridized carbons (Fsp3) is 0.0952. The average Bonchev–Trinajstić information content (AvgIpc) is 3.24. The second kappa shape index (κ2) is 6.57. The van der Waals surface area contributed by atoms with Gasteiger partial charge in [-0.15, -0.1) is 0 Å². The lowest BCUT2D eigenvalue weighted by molar-refractivity contribution is 0.0663. The van der Waals surface area contributed by atoms with Crippen LogP contribution in [-0.2, 0) is 0 Å². The number of carbonyl (C=O) groups excluding carboxylic acids is 2. The molecule has 0 spiro atoms. The number of aromatic hydroxyl groups is 1. The molecular formula is C21H16N2O4. The summed E-state index contributed by atoms with van der Waals surface area (Å²) < 4.78 is 5.78. The molecule has 134 valence electrons. The number of phenolic OH excluding ortho intramolecular Hbond substituents is 1. The molecule has 0 unspecified atom stereocenters. The molecule has 27 heavy (non-hydrogen) atoms. The third-order valence-corrected chi connectivity index (χ3v) is 4.39. The topological polar surface area (TPSA) is 83.1 Å². The minimum Gasteiger partial charge on any atom is -0.508 e. The van der Waals surface area contributed by atoms with Crippen LogP contribution < -0.4 is 0 Å². The number of hydrogen-bond acceptors (Lipinski definition) is 5. The minimum atomic E-state index is -0.278. The third kappa shape index (κ3) is 3.01. The Balaban J connectivity index is 1.59. The van der Waals surface area contributed by atoms with Gasteiger partial charge in [-0.05, 0) is 55.5 Å². The van der Waals surface area contributed by atoms with Crippen LogP contribution in [0.5, 0.6) is 5.75 Å². The maximum absolute atomic E-state index is 12.3. The number of amides is 2. The number of carbonyl (C=O) groups is 2. The van der Waals surface area contributed by atoms with E-state index in [2.05, 4.69) is 4.99 Å². The third-order valence-electron chi connectivity index (χ3n) is 4.39. The number of rotatable bonds is 4. The van der Waals surface area contributed by atoms with Crippen LogP contribution in [0.25, 0.3) is 11.3 Å². The van der Waals surface area contributed by atoms with Crippen LogP contribution in [0.3, 0.4) is 0 Å². The van der Waals surface area contributed by atoms with Gasteiger partial charge in [-0.3, -0.25) is 19.5 Å². The maximum Gasteiger partial charge on any atom is 0.261 e. The van der Waals surface area contributed by atoms with Gasteiger partial charge in [-0.2, -0.15) is 0 Å². The fourth-order valence-corrected chi connectivity index (χ4v) is 2.99. The van der Waals surface area contributed by atoms with Crippen molar-refractivity contribution in [3.05, 3.63) is 71.5 Å². The Kier molecular flexibility index (Phi) is 4.08. The Hall–Kier alpha value is -3.67. The van der Waals surface area contributed by atoms with E-state index < -0.39 is 0 Å². The van der Waals surface area contributed by atoms with Gasteiger partial charge in [-0.1, -0.05) is 6.07 Å². The van der Waals surface area contributed by atoms with E-state index in [1.54, 1.807) is 67.7 Å². The molecule has 0 saturated carbocycles. The van der Waals surface area contributed by atoms with Gasteiger partial charge in [0.05, 0.1) is 23.0 Å². The second-order valence-corrected chi connectivity index (χ2v) is 6.09. The van der Waals surface area contributed by atoms with Gasteiger partial charge in [0.15, 0.2) is 0 Å². The molecule has 6 nitrogen and oxygen atoms in total. The van der Waals surface area contributed by atoms with E-state index in [0.29, 0.717) is 34.9 Å². The molecule has 0 aliphatic carbocycles. The molecule has 3 aromatic rings. The average molecular weight is 360 g/mol. The van der Waals surface area contributed by atoms with Crippen molar-refractivity contribution in [2.45, 2.75) is 6.92 Å². The van der Waals surface area contributed by atoms with Crippen LogP contribution in [0.15, 0.2) is 64.0 Å². The molecule has 2 aromatic carbocycles. The molecule has 6 heteroatoms. The van der Waals surface area contributed by atoms with Crippen molar-refractivity contribution in [3.63, 3.8) is 0 Å². The second-order valence-electron chi connectivity index (χ2n) is 6.09. The van der Waals surface area contributed by atoms with Crippen LogP contribution in [0, 0.1) is 0 Å². The summed E-state index contributed by atoms with van der Waals surface area (Å²) in [4.78, 5) is 30.0. The van der Waals surface area contributed by atoms with Crippen LogP contribution in [0.2, 0.25) is 0 Å². The first-order valence-electron chi connectivity index (χ1n) is 8.50. The number of benzene rings is 2. The lowest BCUT2D eigenvalue weighted by atomic mass is 10.0. The van der Waals surface area contributed by atoms with Crippen molar-refractivity contribution in [1.82, 2.24) is 4.90 Å². The highest BCUT2D eigenvalue weighted by molar-refractivity contribution is 6.21. The Morgan fingerprint density at radius 2 is 1.74 bits per heavy atom. The maximum atomic E-state index is 12.3. The fourth-order valence-electron chi connectivity index (χ4n) is 2.99. The van der Waals surface area contributed by atoms with Crippen molar-refractivity contribution in [2.75, 3.05) is 6.54 Å². The van der Waals surface area contributed by atoms with Gasteiger partial charge < -0.3 is 9.52 Å². The summed E-state index contributed by atoms with van der Waals surface area (Å²) in [5, 5.41) is 9.29. The quantitative estimate of drug-likeness (QED) is 0.563. The summed E-state index contributed by atoms with van der Waals surface area (Å²) in [6.07, 6.45) is 1.58. The zero-order valence-electron chi connectivity index (χ0n) is 14.5. The zero-order chi connectivity index (χ0) is 19.0. The standard InChI is InChI=1S/C21H16N2O4/c1-2-23-20(25)17-9-3-13(11-18(17)21(23)26)19-10-8-16(27-19)12-22-14-4-6-15(24)7-5-14/h3-12,24H,2H2,1H3. The summed E-state index contributed by atoms with van der Waals surface area (Å²) in [5.74, 6) is 0.780. The predicted octanol–water partition coefficient (Wildman–Crippen LogP) is 4.02. The smallest absolute Gasteiger partial charge is 0.261 e. The highest BCUT2D eigenvalue weighted by Gasteiger charge is 2.34. The molecule has 1 aromatic heterocycles.